The van der Waals surface area contributed by atoms with E-state index < -0.39 is 0 Å². The highest BCUT2D eigenvalue weighted by molar-refractivity contribution is 7.09. The number of thiazole rings is 1. The number of methoxy groups -OCH3 is 3. The van der Waals surface area contributed by atoms with E-state index in [0.717, 1.165) is 49.7 Å². The van der Waals surface area contributed by atoms with Gasteiger partial charge in [-0.15, -0.1) is 11.3 Å². The van der Waals surface area contributed by atoms with Crippen LogP contribution in [0.25, 0.3) is 0 Å². The zero-order valence-electron chi connectivity index (χ0n) is 14.7. The number of aromatic nitrogens is 1. The lowest BCUT2D eigenvalue weighted by atomic mass is 10.0. The predicted molar refractivity (Wildman–Crippen MR) is 95.6 cm³/mol. The van der Waals surface area contributed by atoms with Gasteiger partial charge in [0.2, 0.25) is 5.75 Å². The smallest absolute Gasteiger partial charge is 0.203 e. The first-order valence-electron chi connectivity index (χ1n) is 8.10. The Kier molecular flexibility index (Phi) is 5.26. The fourth-order valence-electron chi connectivity index (χ4n) is 3.25. The third kappa shape index (κ3) is 3.35. The Morgan fingerprint density at radius 3 is 2.46 bits per heavy atom. The van der Waals surface area contributed by atoms with E-state index in [-0.39, 0.29) is 0 Å². The Hall–Kier alpha value is -1.79. The van der Waals surface area contributed by atoms with Crippen molar-refractivity contribution in [1.82, 2.24) is 9.88 Å². The molecule has 24 heavy (non-hydrogen) atoms. The highest BCUT2D eigenvalue weighted by Crippen LogP contribution is 2.43. The van der Waals surface area contributed by atoms with Crippen molar-refractivity contribution >= 4 is 11.3 Å². The summed E-state index contributed by atoms with van der Waals surface area (Å²) in [5.41, 5.74) is 3.61. The molecule has 1 aromatic heterocycles. The Labute approximate surface area is 147 Å². The number of fused-ring (bicyclic) bond motifs is 1. The third-order valence-electron chi connectivity index (χ3n) is 4.43. The van der Waals surface area contributed by atoms with Gasteiger partial charge in [-0.1, -0.05) is 0 Å². The van der Waals surface area contributed by atoms with Gasteiger partial charge in [-0.2, -0.15) is 0 Å². The Bertz CT molecular complexity index is 715. The van der Waals surface area contributed by atoms with Gasteiger partial charge >= 0.3 is 0 Å². The maximum absolute atomic E-state index is 5.66. The van der Waals surface area contributed by atoms with Crippen LogP contribution >= 0.6 is 11.3 Å². The van der Waals surface area contributed by atoms with Gasteiger partial charge in [0.15, 0.2) is 11.5 Å². The van der Waals surface area contributed by atoms with Crippen LogP contribution in [0, 0.1) is 6.92 Å². The lowest BCUT2D eigenvalue weighted by Crippen LogP contribution is -2.25. The summed E-state index contributed by atoms with van der Waals surface area (Å²) < 4.78 is 16.7. The minimum Gasteiger partial charge on any atom is -0.493 e. The predicted octanol–water partition coefficient (Wildman–Crippen LogP) is 3.08. The van der Waals surface area contributed by atoms with E-state index >= 15 is 0 Å². The maximum atomic E-state index is 5.66. The van der Waals surface area contributed by atoms with E-state index in [1.165, 1.54) is 16.1 Å². The number of hydrogen-bond donors (Lipinski definition) is 0. The summed E-state index contributed by atoms with van der Waals surface area (Å²) in [7, 11) is 5.01. The van der Waals surface area contributed by atoms with Gasteiger partial charge in [0.25, 0.3) is 0 Å². The first-order valence-corrected chi connectivity index (χ1v) is 8.98. The summed E-state index contributed by atoms with van der Waals surface area (Å²) >= 11 is 1.74. The van der Waals surface area contributed by atoms with Crippen molar-refractivity contribution in [1.29, 1.82) is 0 Å². The molecule has 0 radical (unpaired) electrons. The van der Waals surface area contributed by atoms with E-state index in [0.29, 0.717) is 5.75 Å². The van der Waals surface area contributed by atoms with Crippen molar-refractivity contribution < 1.29 is 14.2 Å². The SMILES string of the molecule is COc1cc2c(c(OC)c1OC)CCN(Cc1nc(C)cs1)CC2. The fraction of sp³-hybridized carbons (Fsp3) is 0.500. The average Bonchev–Trinajstić information content (AvgIpc) is 2.89. The summed E-state index contributed by atoms with van der Waals surface area (Å²) in [6, 6.07) is 2.09. The normalized spacial score (nSPS) is 14.8. The summed E-state index contributed by atoms with van der Waals surface area (Å²) in [6.45, 7) is 4.94. The highest BCUT2D eigenvalue weighted by Gasteiger charge is 2.24. The molecular formula is C18H24N2O3S. The summed E-state index contributed by atoms with van der Waals surface area (Å²) in [5, 5.41) is 3.29. The molecule has 0 amide bonds. The zero-order valence-corrected chi connectivity index (χ0v) is 15.5. The molecule has 1 aromatic carbocycles. The molecule has 0 bridgehead atoms. The molecule has 0 saturated carbocycles. The quantitative estimate of drug-likeness (QED) is 0.831. The molecule has 3 rings (SSSR count). The molecule has 1 aliphatic rings. The summed E-state index contributed by atoms with van der Waals surface area (Å²) in [5.74, 6) is 2.22. The van der Waals surface area contributed by atoms with Crippen LogP contribution in [0.2, 0.25) is 0 Å². The molecule has 0 fully saturated rings. The highest BCUT2D eigenvalue weighted by atomic mass is 32.1. The van der Waals surface area contributed by atoms with Gasteiger partial charge in [-0.05, 0) is 31.4 Å². The monoisotopic (exact) mass is 348 g/mol. The molecule has 0 N–H and O–H groups in total. The third-order valence-corrected chi connectivity index (χ3v) is 5.38. The Morgan fingerprint density at radius 2 is 1.83 bits per heavy atom. The van der Waals surface area contributed by atoms with Gasteiger partial charge in [-0.25, -0.2) is 4.98 Å². The van der Waals surface area contributed by atoms with Crippen LogP contribution in [0.15, 0.2) is 11.4 Å². The largest absolute Gasteiger partial charge is 0.493 e. The zero-order chi connectivity index (χ0) is 17.1. The van der Waals surface area contributed by atoms with E-state index in [2.05, 4.69) is 21.3 Å². The van der Waals surface area contributed by atoms with Crippen LogP contribution in [0.5, 0.6) is 17.2 Å². The van der Waals surface area contributed by atoms with E-state index in [4.69, 9.17) is 14.2 Å². The molecule has 6 heteroatoms. The second kappa shape index (κ2) is 7.40. The second-order valence-corrected chi connectivity index (χ2v) is 6.88. The van der Waals surface area contributed by atoms with Gasteiger partial charge in [-0.3, -0.25) is 4.90 Å². The molecule has 2 aromatic rings. The molecule has 0 spiro atoms. The minimum absolute atomic E-state index is 0.683. The molecule has 2 heterocycles. The number of nitrogens with zero attached hydrogens (tertiary/aromatic N) is 2. The first kappa shape index (κ1) is 17.0. The molecular weight excluding hydrogens is 324 g/mol. The van der Waals surface area contributed by atoms with E-state index in [9.17, 15) is 0 Å². The molecule has 0 aliphatic carbocycles. The van der Waals surface area contributed by atoms with Crippen molar-refractivity contribution in [2.24, 2.45) is 0 Å². The van der Waals surface area contributed by atoms with E-state index in [1.807, 2.05) is 6.92 Å². The number of ether oxygens (including phenoxy) is 3. The topological polar surface area (TPSA) is 43.8 Å². The number of rotatable bonds is 5. The first-order chi connectivity index (χ1) is 11.7. The summed E-state index contributed by atoms with van der Waals surface area (Å²) in [6.07, 6.45) is 1.90. The maximum Gasteiger partial charge on any atom is 0.203 e. The second-order valence-electron chi connectivity index (χ2n) is 5.94. The van der Waals surface area contributed by atoms with Gasteiger partial charge in [0.05, 0.1) is 27.9 Å². The lowest BCUT2D eigenvalue weighted by molar-refractivity contribution is 0.278. The molecule has 0 unspecified atom stereocenters. The molecule has 130 valence electrons. The van der Waals surface area contributed by atoms with Gasteiger partial charge in [0, 0.05) is 29.7 Å². The summed E-state index contributed by atoms with van der Waals surface area (Å²) in [4.78, 5) is 7.04. The average molecular weight is 348 g/mol. The van der Waals surface area contributed by atoms with Crippen LogP contribution in [0.4, 0.5) is 0 Å². The lowest BCUT2D eigenvalue weighted by Gasteiger charge is -2.18. The number of hydrogen-bond acceptors (Lipinski definition) is 6. The van der Waals surface area contributed by atoms with Crippen molar-refractivity contribution in [3.8, 4) is 17.2 Å². The van der Waals surface area contributed by atoms with E-state index in [1.54, 1.807) is 32.7 Å². The number of benzene rings is 1. The van der Waals surface area contributed by atoms with Crippen LogP contribution in [-0.2, 0) is 19.4 Å². The standard InChI is InChI=1S/C18H24N2O3S/c1-12-11-24-16(19-12)10-20-7-5-13-9-15(21-2)18(23-4)17(22-3)14(13)6-8-20/h9,11H,5-8,10H2,1-4H3. The van der Waals surface area contributed by atoms with Crippen molar-refractivity contribution in [3.63, 3.8) is 0 Å². The molecule has 5 nitrogen and oxygen atoms in total. The molecule has 0 atom stereocenters. The Balaban J connectivity index is 1.84. The van der Waals surface area contributed by atoms with Crippen molar-refractivity contribution in [2.75, 3.05) is 34.4 Å². The van der Waals surface area contributed by atoms with Gasteiger partial charge < -0.3 is 14.2 Å². The minimum atomic E-state index is 0.683. The fourth-order valence-corrected chi connectivity index (χ4v) is 4.06. The number of aryl methyl sites for hydroxylation is 1. The van der Waals surface area contributed by atoms with Crippen LogP contribution in [0.1, 0.15) is 21.8 Å². The van der Waals surface area contributed by atoms with Gasteiger partial charge in [0.1, 0.15) is 5.01 Å². The van der Waals surface area contributed by atoms with Crippen LogP contribution < -0.4 is 14.2 Å². The molecule has 0 saturated heterocycles. The van der Waals surface area contributed by atoms with Crippen molar-refractivity contribution in [2.45, 2.75) is 26.3 Å². The van der Waals surface area contributed by atoms with Crippen molar-refractivity contribution in [3.05, 3.63) is 33.3 Å². The Morgan fingerprint density at radius 1 is 1.08 bits per heavy atom. The van der Waals surface area contributed by atoms with Crippen LogP contribution in [0.3, 0.4) is 0 Å². The van der Waals surface area contributed by atoms with Crippen LogP contribution in [-0.4, -0.2) is 44.3 Å². The molecule has 1 aliphatic heterocycles.